The highest BCUT2D eigenvalue weighted by Crippen LogP contribution is 2.33. The molecule has 2 aromatic carbocycles. The Labute approximate surface area is 284 Å². The molecule has 5 amide bonds. The lowest BCUT2D eigenvalue weighted by atomic mass is 9.92. The van der Waals surface area contributed by atoms with E-state index in [9.17, 15) is 39.0 Å². The van der Waals surface area contributed by atoms with E-state index in [1.54, 1.807) is 48.5 Å². The third kappa shape index (κ3) is 11.7. The van der Waals surface area contributed by atoms with Crippen LogP contribution in [0.2, 0.25) is 5.02 Å². The number of aliphatic carboxylic acids is 2. The zero-order valence-electron chi connectivity index (χ0n) is 27.3. The number of hydrogen-bond acceptors (Lipinski definition) is 6. The van der Waals surface area contributed by atoms with Crippen molar-refractivity contribution in [3.63, 3.8) is 0 Å². The van der Waals surface area contributed by atoms with Gasteiger partial charge in [-0.15, -0.1) is 0 Å². The van der Waals surface area contributed by atoms with Crippen LogP contribution in [0.15, 0.2) is 60.7 Å². The molecule has 4 unspecified atom stereocenters. The van der Waals surface area contributed by atoms with Gasteiger partial charge in [0, 0.05) is 42.2 Å². The Morgan fingerprint density at radius 3 is 1.83 bits per heavy atom. The SMILES string of the molecule is CC(=O)N1CC(c2ccc(NC(=O)Nc3ccc(Cl)cc3)cc2)CC1C(=O)NC(C/C=C/CC(NC(=O)CC(C)(C)C)C(=O)O)C(=O)O. The molecule has 3 rings (SSSR count). The third-order valence-electron chi connectivity index (χ3n) is 7.60. The summed E-state index contributed by atoms with van der Waals surface area (Å²) in [6.45, 7) is 7.15. The minimum atomic E-state index is -1.33. The van der Waals surface area contributed by atoms with Crippen molar-refractivity contribution in [1.29, 1.82) is 0 Å². The molecule has 1 fully saturated rings. The highest BCUT2D eigenvalue weighted by molar-refractivity contribution is 6.30. The molecule has 258 valence electrons. The second kappa shape index (κ2) is 16.8. The van der Waals surface area contributed by atoms with Crippen molar-refractivity contribution in [2.75, 3.05) is 17.2 Å². The number of nitrogens with zero attached hydrogens (tertiary/aromatic N) is 1. The van der Waals surface area contributed by atoms with Crippen LogP contribution in [0.3, 0.4) is 0 Å². The fraction of sp³-hybridized carbons (Fsp3) is 0.412. The number of rotatable bonds is 13. The van der Waals surface area contributed by atoms with E-state index in [-0.39, 0.29) is 49.5 Å². The second-order valence-corrected chi connectivity index (χ2v) is 13.3. The molecule has 1 heterocycles. The lowest BCUT2D eigenvalue weighted by molar-refractivity contribution is -0.143. The number of halogens is 1. The predicted molar refractivity (Wildman–Crippen MR) is 181 cm³/mol. The van der Waals surface area contributed by atoms with Gasteiger partial charge in [0.2, 0.25) is 17.7 Å². The highest BCUT2D eigenvalue weighted by Gasteiger charge is 2.40. The van der Waals surface area contributed by atoms with Gasteiger partial charge in [0.1, 0.15) is 18.1 Å². The van der Waals surface area contributed by atoms with Crippen LogP contribution in [0, 0.1) is 5.41 Å². The Balaban J connectivity index is 1.58. The number of urea groups is 1. The van der Waals surface area contributed by atoms with Crippen LogP contribution in [-0.2, 0) is 24.0 Å². The third-order valence-corrected chi connectivity index (χ3v) is 7.85. The van der Waals surface area contributed by atoms with Crippen molar-refractivity contribution >= 4 is 58.7 Å². The molecule has 6 N–H and O–H groups in total. The maximum absolute atomic E-state index is 13.3. The van der Waals surface area contributed by atoms with Crippen molar-refractivity contribution in [2.24, 2.45) is 5.41 Å². The summed E-state index contributed by atoms with van der Waals surface area (Å²) in [5.41, 5.74) is 1.60. The van der Waals surface area contributed by atoms with Gasteiger partial charge in [-0.05, 0) is 66.6 Å². The first-order valence-corrected chi connectivity index (χ1v) is 15.8. The molecule has 13 nitrogen and oxygen atoms in total. The van der Waals surface area contributed by atoms with Gasteiger partial charge < -0.3 is 36.4 Å². The summed E-state index contributed by atoms with van der Waals surface area (Å²) in [7, 11) is 0. The summed E-state index contributed by atoms with van der Waals surface area (Å²) in [6, 6.07) is 9.78. The summed E-state index contributed by atoms with van der Waals surface area (Å²) >= 11 is 5.88. The number of anilines is 2. The first-order chi connectivity index (χ1) is 22.5. The van der Waals surface area contributed by atoms with Gasteiger partial charge in [-0.3, -0.25) is 14.4 Å². The molecule has 0 aromatic heterocycles. The summed E-state index contributed by atoms with van der Waals surface area (Å²) in [4.78, 5) is 75.3. The van der Waals surface area contributed by atoms with E-state index in [0.717, 1.165) is 5.56 Å². The van der Waals surface area contributed by atoms with E-state index < -0.39 is 47.9 Å². The number of likely N-dealkylation sites (tertiary alicyclic amines) is 1. The number of carboxylic acids is 2. The van der Waals surface area contributed by atoms with Crippen LogP contribution < -0.4 is 21.3 Å². The lowest BCUT2D eigenvalue weighted by Crippen LogP contribution is -2.50. The molecule has 14 heteroatoms. The van der Waals surface area contributed by atoms with Crippen molar-refractivity contribution in [2.45, 2.75) is 77.4 Å². The van der Waals surface area contributed by atoms with Gasteiger partial charge in [0.05, 0.1) is 0 Å². The van der Waals surface area contributed by atoms with Crippen molar-refractivity contribution in [1.82, 2.24) is 15.5 Å². The van der Waals surface area contributed by atoms with Crippen molar-refractivity contribution in [3.05, 3.63) is 71.3 Å². The molecule has 0 bridgehead atoms. The average molecular weight is 684 g/mol. The van der Waals surface area contributed by atoms with Crippen LogP contribution in [-0.4, -0.2) is 75.5 Å². The maximum atomic E-state index is 13.3. The largest absolute Gasteiger partial charge is 0.480 e. The molecule has 4 atom stereocenters. The standard InChI is InChI=1S/C34H42ClN5O8/c1-20(41)40-19-22(21-9-13-24(14-10-21)36-33(48)37-25-15-11-23(35)12-16-25)17-28(40)30(43)39-27(32(46)47)8-6-5-7-26(31(44)45)38-29(42)18-34(2,3)4/h5-6,9-16,22,26-28H,7-8,17-19H2,1-4H3,(H,38,42)(H,39,43)(H,44,45)(H,46,47)(H2,36,37,48)/b6-5+. The van der Waals surface area contributed by atoms with E-state index in [2.05, 4.69) is 21.3 Å². The number of hydrogen-bond donors (Lipinski definition) is 6. The van der Waals surface area contributed by atoms with Crippen LogP contribution in [0.25, 0.3) is 0 Å². The molecule has 48 heavy (non-hydrogen) atoms. The Bertz CT molecular complexity index is 1520. The van der Waals surface area contributed by atoms with E-state index in [1.807, 2.05) is 20.8 Å². The summed E-state index contributed by atoms with van der Waals surface area (Å²) in [6.07, 6.45) is 3.07. The molecule has 0 spiro atoms. The minimum Gasteiger partial charge on any atom is -0.480 e. The summed E-state index contributed by atoms with van der Waals surface area (Å²) < 4.78 is 0. The zero-order valence-corrected chi connectivity index (χ0v) is 28.0. The van der Waals surface area contributed by atoms with Crippen LogP contribution >= 0.6 is 11.6 Å². The lowest BCUT2D eigenvalue weighted by Gasteiger charge is -2.24. The number of benzene rings is 2. The quantitative estimate of drug-likeness (QED) is 0.165. The van der Waals surface area contributed by atoms with Crippen LogP contribution in [0.4, 0.5) is 16.2 Å². The Morgan fingerprint density at radius 1 is 0.854 bits per heavy atom. The fourth-order valence-corrected chi connectivity index (χ4v) is 5.37. The fourth-order valence-electron chi connectivity index (χ4n) is 5.24. The number of carbonyl (C=O) groups excluding carboxylic acids is 4. The van der Waals surface area contributed by atoms with E-state index in [0.29, 0.717) is 16.4 Å². The number of nitrogens with one attached hydrogen (secondary N) is 4. The first kappa shape index (κ1) is 37.5. The highest BCUT2D eigenvalue weighted by atomic mass is 35.5. The molecule has 1 saturated heterocycles. The summed E-state index contributed by atoms with van der Waals surface area (Å²) in [5.74, 6) is -4.11. The minimum absolute atomic E-state index is 0.0742. The Kier molecular flexibility index (Phi) is 13.1. The Morgan fingerprint density at radius 2 is 1.35 bits per heavy atom. The average Bonchev–Trinajstić information content (AvgIpc) is 3.44. The molecular formula is C34H42ClN5O8. The monoisotopic (exact) mass is 683 g/mol. The molecule has 2 aromatic rings. The molecule has 0 radical (unpaired) electrons. The van der Waals surface area contributed by atoms with E-state index in [1.165, 1.54) is 24.0 Å². The van der Waals surface area contributed by atoms with Gasteiger partial charge in [0.15, 0.2) is 0 Å². The van der Waals surface area contributed by atoms with Crippen molar-refractivity contribution < 1.29 is 39.0 Å². The first-order valence-electron chi connectivity index (χ1n) is 15.4. The van der Waals surface area contributed by atoms with E-state index in [4.69, 9.17) is 11.6 Å². The van der Waals surface area contributed by atoms with Gasteiger partial charge in [-0.1, -0.05) is 56.7 Å². The molecule has 1 aliphatic rings. The molecule has 0 aliphatic carbocycles. The Hall–Kier alpha value is -4.91. The number of carboxylic acid groups (broad SMARTS) is 2. The second-order valence-electron chi connectivity index (χ2n) is 12.9. The molecule has 0 saturated carbocycles. The van der Waals surface area contributed by atoms with E-state index >= 15 is 0 Å². The maximum Gasteiger partial charge on any atom is 0.326 e. The van der Waals surface area contributed by atoms with Crippen LogP contribution in [0.5, 0.6) is 0 Å². The van der Waals surface area contributed by atoms with Gasteiger partial charge in [-0.25, -0.2) is 14.4 Å². The van der Waals surface area contributed by atoms with Crippen LogP contribution in [0.1, 0.15) is 64.9 Å². The van der Waals surface area contributed by atoms with Crippen molar-refractivity contribution in [3.8, 4) is 0 Å². The summed E-state index contributed by atoms with van der Waals surface area (Å²) in [5, 5.41) is 30.2. The predicted octanol–water partition coefficient (Wildman–Crippen LogP) is 4.60. The van der Waals surface area contributed by atoms with Gasteiger partial charge >= 0.3 is 18.0 Å². The van der Waals surface area contributed by atoms with Gasteiger partial charge in [0.25, 0.3) is 0 Å². The topological polar surface area (TPSA) is 194 Å². The molecule has 1 aliphatic heterocycles. The normalized spacial score (nSPS) is 17.3. The van der Waals surface area contributed by atoms with Gasteiger partial charge in [-0.2, -0.15) is 0 Å². The molecular weight excluding hydrogens is 642 g/mol. The number of carbonyl (C=O) groups is 6. The number of amides is 5. The smallest absolute Gasteiger partial charge is 0.326 e. The zero-order chi connectivity index (χ0) is 35.6.